The largest absolute Gasteiger partial charge is 0.494 e. The molecule has 136 valence electrons. The number of nitrogens with one attached hydrogen (secondary N) is 2. The standard InChI is InChI=1S/C20H22N2O3S/c1-3-24-16-12-9-15(10-13-16)11-14-19(23)22-20(26)21-17-7-5-6-8-18(17)25-4-2/h5-14H,3-4H2,1-2H3,(H2,21,22,23,26)/b14-11+. The smallest absolute Gasteiger partial charge is 0.250 e. The van der Waals surface area contributed by atoms with Crippen LogP contribution in [-0.2, 0) is 4.79 Å². The molecule has 6 heteroatoms. The number of rotatable bonds is 7. The van der Waals surface area contributed by atoms with Crippen molar-refractivity contribution in [1.82, 2.24) is 5.32 Å². The fourth-order valence-electron chi connectivity index (χ4n) is 2.17. The highest BCUT2D eigenvalue weighted by molar-refractivity contribution is 7.80. The second-order valence-electron chi connectivity index (χ2n) is 5.21. The van der Waals surface area contributed by atoms with Gasteiger partial charge >= 0.3 is 0 Å². The van der Waals surface area contributed by atoms with Crippen LogP contribution >= 0.6 is 12.2 Å². The van der Waals surface area contributed by atoms with E-state index in [4.69, 9.17) is 21.7 Å². The number of hydrogen-bond donors (Lipinski definition) is 2. The van der Waals surface area contributed by atoms with Gasteiger partial charge in [0, 0.05) is 6.08 Å². The lowest BCUT2D eigenvalue weighted by atomic mass is 10.2. The number of carbonyl (C=O) groups is 1. The summed E-state index contributed by atoms with van der Waals surface area (Å²) in [5.41, 5.74) is 1.60. The third-order valence-electron chi connectivity index (χ3n) is 3.29. The maximum Gasteiger partial charge on any atom is 0.250 e. The number of amides is 1. The van der Waals surface area contributed by atoms with Crippen molar-refractivity contribution >= 4 is 35.0 Å². The summed E-state index contributed by atoms with van der Waals surface area (Å²) >= 11 is 5.18. The van der Waals surface area contributed by atoms with Crippen LogP contribution < -0.4 is 20.1 Å². The molecule has 0 heterocycles. The summed E-state index contributed by atoms with van der Waals surface area (Å²) in [7, 11) is 0. The summed E-state index contributed by atoms with van der Waals surface area (Å²) in [6.45, 7) is 5.00. The number of thiocarbonyl (C=S) groups is 1. The highest BCUT2D eigenvalue weighted by Crippen LogP contribution is 2.23. The number of hydrogen-bond acceptors (Lipinski definition) is 4. The fraction of sp³-hybridized carbons (Fsp3) is 0.200. The molecule has 0 aliphatic carbocycles. The molecule has 0 aliphatic heterocycles. The van der Waals surface area contributed by atoms with Gasteiger partial charge in [0.05, 0.1) is 18.9 Å². The van der Waals surface area contributed by atoms with Crippen molar-refractivity contribution in [2.75, 3.05) is 18.5 Å². The lowest BCUT2D eigenvalue weighted by Crippen LogP contribution is -2.32. The van der Waals surface area contributed by atoms with Gasteiger partial charge < -0.3 is 14.8 Å². The van der Waals surface area contributed by atoms with Crippen molar-refractivity contribution < 1.29 is 14.3 Å². The third-order valence-corrected chi connectivity index (χ3v) is 3.49. The van der Waals surface area contributed by atoms with Gasteiger partial charge in [0.25, 0.3) is 0 Å². The highest BCUT2D eigenvalue weighted by atomic mass is 32.1. The molecular weight excluding hydrogens is 348 g/mol. The molecule has 2 rings (SSSR count). The Kier molecular flexibility index (Phi) is 7.64. The van der Waals surface area contributed by atoms with Crippen molar-refractivity contribution in [2.24, 2.45) is 0 Å². The van der Waals surface area contributed by atoms with E-state index in [1.54, 1.807) is 6.08 Å². The molecule has 0 saturated heterocycles. The van der Waals surface area contributed by atoms with Gasteiger partial charge in [0.15, 0.2) is 5.11 Å². The van der Waals surface area contributed by atoms with Crippen LogP contribution in [0.5, 0.6) is 11.5 Å². The number of para-hydroxylation sites is 2. The van der Waals surface area contributed by atoms with Crippen molar-refractivity contribution in [1.29, 1.82) is 0 Å². The Hall–Kier alpha value is -2.86. The number of anilines is 1. The Morgan fingerprint density at radius 1 is 1.04 bits per heavy atom. The molecule has 0 fully saturated rings. The Balaban J connectivity index is 1.89. The molecule has 2 N–H and O–H groups in total. The first-order valence-corrected chi connectivity index (χ1v) is 8.78. The zero-order chi connectivity index (χ0) is 18.8. The Morgan fingerprint density at radius 3 is 2.42 bits per heavy atom. The van der Waals surface area contributed by atoms with Gasteiger partial charge in [0.1, 0.15) is 11.5 Å². The minimum absolute atomic E-state index is 0.207. The van der Waals surface area contributed by atoms with E-state index in [9.17, 15) is 4.79 Å². The average molecular weight is 370 g/mol. The van der Waals surface area contributed by atoms with Gasteiger partial charge in [-0.05, 0) is 62.0 Å². The minimum atomic E-state index is -0.315. The lowest BCUT2D eigenvalue weighted by molar-refractivity contribution is -0.115. The van der Waals surface area contributed by atoms with Crippen LogP contribution in [0.2, 0.25) is 0 Å². The summed E-state index contributed by atoms with van der Waals surface area (Å²) in [6.07, 6.45) is 3.14. The maximum atomic E-state index is 12.0. The van der Waals surface area contributed by atoms with Crippen molar-refractivity contribution in [3.63, 3.8) is 0 Å². The highest BCUT2D eigenvalue weighted by Gasteiger charge is 2.06. The van der Waals surface area contributed by atoms with E-state index in [0.717, 1.165) is 11.3 Å². The summed E-state index contributed by atoms with van der Waals surface area (Å²) in [5, 5.41) is 5.79. The molecule has 1 amide bonds. The normalized spacial score (nSPS) is 10.4. The van der Waals surface area contributed by atoms with Gasteiger partial charge in [-0.15, -0.1) is 0 Å². The molecule has 5 nitrogen and oxygen atoms in total. The fourth-order valence-corrected chi connectivity index (χ4v) is 2.38. The van der Waals surface area contributed by atoms with Crippen LogP contribution in [0.1, 0.15) is 19.4 Å². The van der Waals surface area contributed by atoms with E-state index >= 15 is 0 Å². The Labute approximate surface area is 159 Å². The number of ether oxygens (including phenoxy) is 2. The van der Waals surface area contributed by atoms with Crippen LogP contribution in [0.15, 0.2) is 54.6 Å². The van der Waals surface area contributed by atoms with Crippen LogP contribution in [0.4, 0.5) is 5.69 Å². The van der Waals surface area contributed by atoms with Crippen molar-refractivity contribution in [2.45, 2.75) is 13.8 Å². The summed E-state index contributed by atoms with van der Waals surface area (Å²) in [6, 6.07) is 14.9. The first-order valence-electron chi connectivity index (χ1n) is 8.37. The number of benzene rings is 2. The molecule has 0 saturated carbocycles. The van der Waals surface area contributed by atoms with E-state index < -0.39 is 0 Å². The van der Waals surface area contributed by atoms with Gasteiger partial charge in [-0.2, -0.15) is 0 Å². The molecule has 26 heavy (non-hydrogen) atoms. The topological polar surface area (TPSA) is 59.6 Å². The molecule has 0 radical (unpaired) electrons. The Morgan fingerprint density at radius 2 is 1.73 bits per heavy atom. The first kappa shape index (κ1) is 19.5. The van der Waals surface area contributed by atoms with Crippen LogP contribution in [-0.4, -0.2) is 24.2 Å². The molecule has 0 aliphatic rings. The molecule has 0 spiro atoms. The van der Waals surface area contributed by atoms with Crippen LogP contribution in [0.3, 0.4) is 0 Å². The van der Waals surface area contributed by atoms with E-state index in [1.807, 2.05) is 62.4 Å². The monoisotopic (exact) mass is 370 g/mol. The van der Waals surface area contributed by atoms with Gasteiger partial charge in [0.2, 0.25) is 5.91 Å². The predicted molar refractivity (Wildman–Crippen MR) is 109 cm³/mol. The summed E-state index contributed by atoms with van der Waals surface area (Å²) in [4.78, 5) is 12.0. The number of carbonyl (C=O) groups excluding carboxylic acids is 1. The molecule has 0 atom stereocenters. The van der Waals surface area contributed by atoms with E-state index in [1.165, 1.54) is 6.08 Å². The van der Waals surface area contributed by atoms with Crippen LogP contribution in [0, 0.1) is 0 Å². The molecular formula is C20H22N2O3S. The molecule has 2 aromatic carbocycles. The summed E-state index contributed by atoms with van der Waals surface area (Å²) < 4.78 is 10.9. The SMILES string of the molecule is CCOc1ccc(/C=C/C(=O)NC(=S)Nc2ccccc2OCC)cc1. The zero-order valence-electron chi connectivity index (χ0n) is 14.8. The maximum absolute atomic E-state index is 12.0. The zero-order valence-corrected chi connectivity index (χ0v) is 15.6. The molecule has 2 aromatic rings. The first-order chi connectivity index (χ1) is 12.6. The van der Waals surface area contributed by atoms with Crippen molar-refractivity contribution in [3.8, 4) is 11.5 Å². The summed E-state index contributed by atoms with van der Waals surface area (Å²) in [5.74, 6) is 1.16. The minimum Gasteiger partial charge on any atom is -0.494 e. The molecule has 0 aromatic heterocycles. The molecule has 0 unspecified atom stereocenters. The van der Waals surface area contributed by atoms with Crippen molar-refractivity contribution in [3.05, 3.63) is 60.2 Å². The van der Waals surface area contributed by atoms with E-state index in [2.05, 4.69) is 10.6 Å². The Bertz CT molecular complexity index is 773. The molecule has 0 bridgehead atoms. The quantitative estimate of drug-likeness (QED) is 0.570. The second kappa shape index (κ2) is 10.2. The van der Waals surface area contributed by atoms with E-state index in [-0.39, 0.29) is 11.0 Å². The van der Waals surface area contributed by atoms with E-state index in [0.29, 0.717) is 24.7 Å². The second-order valence-corrected chi connectivity index (χ2v) is 5.62. The average Bonchev–Trinajstić information content (AvgIpc) is 2.63. The van der Waals surface area contributed by atoms with Crippen LogP contribution in [0.25, 0.3) is 6.08 Å². The lowest BCUT2D eigenvalue weighted by Gasteiger charge is -2.12. The van der Waals surface area contributed by atoms with Gasteiger partial charge in [-0.25, -0.2) is 0 Å². The predicted octanol–water partition coefficient (Wildman–Crippen LogP) is 4.01. The van der Waals surface area contributed by atoms with Gasteiger partial charge in [-0.3, -0.25) is 10.1 Å². The third kappa shape index (κ3) is 6.22. The van der Waals surface area contributed by atoms with Gasteiger partial charge in [-0.1, -0.05) is 24.3 Å².